The molecule has 1 fully saturated rings. The number of hydrogen-bond donors (Lipinski definition) is 1. The Kier molecular flexibility index (Phi) is 5.54. The quantitative estimate of drug-likeness (QED) is 0.683. The molecule has 1 N–H and O–H groups in total. The van der Waals surface area contributed by atoms with Gasteiger partial charge in [0.05, 0.1) is 12.2 Å². The fourth-order valence-corrected chi connectivity index (χ4v) is 5.48. The number of carbonyl (C=O) groups is 2. The number of rotatable bonds is 6. The molecule has 5 heteroatoms. The Hall–Kier alpha value is -2.14. The Bertz CT molecular complexity index is 873. The van der Waals surface area contributed by atoms with Gasteiger partial charge in [0.2, 0.25) is 5.91 Å². The van der Waals surface area contributed by atoms with Gasteiger partial charge in [-0.15, -0.1) is 11.3 Å². The van der Waals surface area contributed by atoms with Gasteiger partial charge in [-0.05, 0) is 55.1 Å². The van der Waals surface area contributed by atoms with Gasteiger partial charge in [-0.3, -0.25) is 4.79 Å². The molecule has 3 atom stereocenters. The highest BCUT2D eigenvalue weighted by Gasteiger charge is 2.44. The first-order valence-corrected chi connectivity index (χ1v) is 11.1. The number of anilines is 1. The van der Waals surface area contributed by atoms with Crippen molar-refractivity contribution in [3.8, 4) is 0 Å². The Morgan fingerprint density at radius 3 is 2.79 bits per heavy atom. The summed E-state index contributed by atoms with van der Waals surface area (Å²) in [5.74, 6) is 0.607. The summed E-state index contributed by atoms with van der Waals surface area (Å²) in [6, 6.07) is 10.2. The Morgan fingerprint density at radius 1 is 1.25 bits per heavy atom. The van der Waals surface area contributed by atoms with E-state index in [0.717, 1.165) is 37.7 Å². The summed E-state index contributed by atoms with van der Waals surface area (Å²) in [7, 11) is 0. The highest BCUT2D eigenvalue weighted by atomic mass is 32.1. The SMILES string of the molecule is CCCOC(=O)c1c(NC(=O)[C@@H]2C[C@@H]2c2ccccc2)sc2c1CC[C@H](C)C2. The fourth-order valence-electron chi connectivity index (χ4n) is 4.08. The zero-order valence-electron chi connectivity index (χ0n) is 16.5. The van der Waals surface area contributed by atoms with Crippen molar-refractivity contribution in [1.82, 2.24) is 0 Å². The van der Waals surface area contributed by atoms with Gasteiger partial charge in [0.1, 0.15) is 5.00 Å². The van der Waals surface area contributed by atoms with Crippen molar-refractivity contribution in [3.63, 3.8) is 0 Å². The monoisotopic (exact) mass is 397 g/mol. The molecule has 1 heterocycles. The molecule has 2 aromatic rings. The predicted molar refractivity (Wildman–Crippen MR) is 112 cm³/mol. The van der Waals surface area contributed by atoms with Gasteiger partial charge in [0.15, 0.2) is 0 Å². The van der Waals surface area contributed by atoms with E-state index in [9.17, 15) is 9.59 Å². The second kappa shape index (κ2) is 8.08. The van der Waals surface area contributed by atoms with E-state index in [-0.39, 0.29) is 23.7 Å². The lowest BCUT2D eigenvalue weighted by Gasteiger charge is -2.18. The molecule has 0 bridgehead atoms. The zero-order valence-corrected chi connectivity index (χ0v) is 17.3. The minimum atomic E-state index is -0.292. The summed E-state index contributed by atoms with van der Waals surface area (Å²) < 4.78 is 5.43. The smallest absolute Gasteiger partial charge is 0.341 e. The topological polar surface area (TPSA) is 55.4 Å². The summed E-state index contributed by atoms with van der Waals surface area (Å²) in [5, 5.41) is 3.76. The lowest BCUT2D eigenvalue weighted by molar-refractivity contribution is -0.117. The number of esters is 1. The average molecular weight is 398 g/mol. The van der Waals surface area contributed by atoms with Crippen molar-refractivity contribution in [2.75, 3.05) is 11.9 Å². The van der Waals surface area contributed by atoms with Crippen LogP contribution in [-0.2, 0) is 22.4 Å². The minimum Gasteiger partial charge on any atom is -0.462 e. The van der Waals surface area contributed by atoms with Gasteiger partial charge >= 0.3 is 5.97 Å². The van der Waals surface area contributed by atoms with Gasteiger partial charge in [0, 0.05) is 10.8 Å². The molecule has 0 saturated heterocycles. The van der Waals surface area contributed by atoms with Crippen LogP contribution in [0.4, 0.5) is 5.00 Å². The molecule has 0 radical (unpaired) electrons. The summed E-state index contributed by atoms with van der Waals surface area (Å²) in [6.07, 6.45) is 4.59. The second-order valence-electron chi connectivity index (χ2n) is 8.04. The van der Waals surface area contributed by atoms with Crippen molar-refractivity contribution >= 4 is 28.2 Å². The molecule has 1 aromatic heterocycles. The third-order valence-corrected chi connectivity index (χ3v) is 6.91. The lowest BCUT2D eigenvalue weighted by Crippen LogP contribution is -2.18. The van der Waals surface area contributed by atoms with E-state index in [0.29, 0.717) is 23.1 Å². The third-order valence-electron chi connectivity index (χ3n) is 5.74. The highest BCUT2D eigenvalue weighted by Crippen LogP contribution is 2.48. The first-order chi connectivity index (χ1) is 13.6. The molecule has 28 heavy (non-hydrogen) atoms. The third kappa shape index (κ3) is 3.86. The Labute approximate surface area is 170 Å². The molecule has 1 amide bonds. The highest BCUT2D eigenvalue weighted by molar-refractivity contribution is 7.17. The maximum absolute atomic E-state index is 12.9. The molecule has 2 aliphatic carbocycles. The summed E-state index contributed by atoms with van der Waals surface area (Å²) in [5.41, 5.74) is 2.91. The van der Waals surface area contributed by atoms with Crippen LogP contribution < -0.4 is 5.32 Å². The number of nitrogens with one attached hydrogen (secondary N) is 1. The molecule has 0 aliphatic heterocycles. The van der Waals surface area contributed by atoms with Gasteiger partial charge < -0.3 is 10.1 Å². The van der Waals surface area contributed by atoms with Crippen molar-refractivity contribution in [2.24, 2.45) is 11.8 Å². The van der Waals surface area contributed by atoms with Gasteiger partial charge in [-0.2, -0.15) is 0 Å². The van der Waals surface area contributed by atoms with Crippen LogP contribution >= 0.6 is 11.3 Å². The second-order valence-corrected chi connectivity index (χ2v) is 9.15. The number of benzene rings is 1. The molecule has 4 nitrogen and oxygen atoms in total. The van der Waals surface area contributed by atoms with Gasteiger partial charge in [-0.1, -0.05) is 44.2 Å². The number of amides is 1. The largest absolute Gasteiger partial charge is 0.462 e. The van der Waals surface area contributed by atoms with Crippen LogP contribution in [0.25, 0.3) is 0 Å². The van der Waals surface area contributed by atoms with Crippen LogP contribution in [0.2, 0.25) is 0 Å². The molecule has 2 aliphatic rings. The number of thiophene rings is 1. The fraction of sp³-hybridized carbons (Fsp3) is 0.478. The van der Waals surface area contributed by atoms with Crippen LogP contribution in [0, 0.1) is 11.8 Å². The maximum Gasteiger partial charge on any atom is 0.341 e. The van der Waals surface area contributed by atoms with E-state index in [4.69, 9.17) is 4.74 Å². The summed E-state index contributed by atoms with van der Waals surface area (Å²) in [4.78, 5) is 26.8. The van der Waals surface area contributed by atoms with E-state index < -0.39 is 0 Å². The van der Waals surface area contributed by atoms with Gasteiger partial charge in [-0.25, -0.2) is 4.79 Å². The summed E-state index contributed by atoms with van der Waals surface area (Å²) >= 11 is 1.57. The molecule has 4 rings (SSSR count). The van der Waals surface area contributed by atoms with Crippen LogP contribution in [-0.4, -0.2) is 18.5 Å². The van der Waals surface area contributed by atoms with Crippen molar-refractivity contribution in [2.45, 2.75) is 51.9 Å². The van der Waals surface area contributed by atoms with E-state index in [1.807, 2.05) is 25.1 Å². The van der Waals surface area contributed by atoms with E-state index in [1.54, 1.807) is 11.3 Å². The van der Waals surface area contributed by atoms with Gasteiger partial charge in [0.25, 0.3) is 0 Å². The van der Waals surface area contributed by atoms with Crippen LogP contribution in [0.15, 0.2) is 30.3 Å². The Morgan fingerprint density at radius 2 is 2.04 bits per heavy atom. The Balaban J connectivity index is 1.54. The van der Waals surface area contributed by atoms with E-state index in [2.05, 4.69) is 24.4 Å². The first-order valence-electron chi connectivity index (χ1n) is 10.3. The molecule has 0 unspecified atom stereocenters. The normalized spacial score (nSPS) is 23.0. The lowest BCUT2D eigenvalue weighted by atomic mass is 9.88. The van der Waals surface area contributed by atoms with E-state index in [1.165, 1.54) is 10.4 Å². The molecule has 1 aromatic carbocycles. The average Bonchev–Trinajstić information content (AvgIpc) is 3.43. The van der Waals surface area contributed by atoms with Crippen molar-refractivity contribution in [3.05, 3.63) is 51.9 Å². The zero-order chi connectivity index (χ0) is 19.7. The summed E-state index contributed by atoms with van der Waals surface area (Å²) in [6.45, 7) is 4.63. The standard InChI is InChI=1S/C23H27NO3S/c1-3-11-27-23(26)20-16-10-9-14(2)12-19(16)28-22(20)24-21(25)18-13-17(18)15-7-5-4-6-8-15/h4-8,14,17-18H,3,9-13H2,1-2H3,(H,24,25)/t14-,17+,18+/m0/s1. The van der Waals surface area contributed by atoms with Crippen LogP contribution in [0.3, 0.4) is 0 Å². The molecule has 0 spiro atoms. The number of fused-ring (bicyclic) bond motifs is 1. The predicted octanol–water partition coefficient (Wildman–Crippen LogP) is 5.18. The van der Waals surface area contributed by atoms with Crippen molar-refractivity contribution in [1.29, 1.82) is 0 Å². The first kappa shape index (κ1) is 19.2. The van der Waals surface area contributed by atoms with E-state index >= 15 is 0 Å². The minimum absolute atomic E-state index is 0.0139. The number of ether oxygens (including phenoxy) is 1. The molecular weight excluding hydrogens is 370 g/mol. The number of carbonyl (C=O) groups excluding carboxylic acids is 2. The van der Waals surface area contributed by atoms with Crippen LogP contribution in [0.1, 0.15) is 65.4 Å². The number of hydrogen-bond acceptors (Lipinski definition) is 4. The van der Waals surface area contributed by atoms with Crippen molar-refractivity contribution < 1.29 is 14.3 Å². The molecule has 1 saturated carbocycles. The van der Waals surface area contributed by atoms with Crippen LogP contribution in [0.5, 0.6) is 0 Å². The maximum atomic E-state index is 12.9. The molecule has 148 valence electrons. The molecular formula is C23H27NO3S.